The maximum absolute atomic E-state index is 17.4. The molecule has 1 amide bonds. The van der Waals surface area contributed by atoms with Crippen molar-refractivity contribution in [3.8, 4) is 17.6 Å². The summed E-state index contributed by atoms with van der Waals surface area (Å²) in [4.78, 5) is 58.9. The van der Waals surface area contributed by atoms with Crippen molar-refractivity contribution in [3.05, 3.63) is 48.1 Å². The van der Waals surface area contributed by atoms with Crippen LogP contribution in [0.3, 0.4) is 0 Å². The number of phosphoric ester groups is 2. The largest absolute Gasteiger partial charge is 0.536 e. The molecule has 6 rings (SSSR count). The summed E-state index contributed by atoms with van der Waals surface area (Å²) in [5.74, 6) is 1.81. The minimum absolute atomic E-state index is 0.193. The highest BCUT2D eigenvalue weighted by molar-refractivity contribution is 7.61. The molecule has 5 N–H and O–H groups in total. The van der Waals surface area contributed by atoms with Crippen molar-refractivity contribution < 1.29 is 66.0 Å². The standard InChI is InChI=1S/C38H48FNO13P2/c1-24-19-31-30-16-11-25-20-27(41)17-18-35(25,2)37(30,39)32(42)21-36(31,3)38(24,45)33(43)22-51-54(46,47)53-55(48,49)52-29-14-12-26(13-15-29)40-34(44)23-50-28-9-7-5-4-6-8-10-28/h12-15,17-18,20,24,28,30-32,42,45H,4-7,9,11,16,19,21-23H2,1-3H3,(H,40,44)(H,46,47)(H,48,49)/t24-,28?,30+,31+,32+,35+,36+,37+,38+/m1/s1. The molecule has 3 saturated carbocycles. The van der Waals surface area contributed by atoms with Crippen molar-refractivity contribution in [2.45, 2.75) is 102 Å². The highest BCUT2D eigenvalue weighted by Crippen LogP contribution is 2.71. The van der Waals surface area contributed by atoms with Gasteiger partial charge in [-0.05, 0) is 100 Å². The van der Waals surface area contributed by atoms with Crippen LogP contribution in [0.15, 0.2) is 48.1 Å². The van der Waals surface area contributed by atoms with Gasteiger partial charge in [0.2, 0.25) is 5.91 Å². The molecule has 55 heavy (non-hydrogen) atoms. The van der Waals surface area contributed by atoms with Gasteiger partial charge in [0.1, 0.15) is 30.7 Å². The molecule has 1 aromatic carbocycles. The van der Waals surface area contributed by atoms with Gasteiger partial charge in [-0.3, -0.25) is 23.8 Å². The number of Topliss-reactive ketones (excluding diaryl/α,β-unsaturated/α-hetero) is 1. The summed E-state index contributed by atoms with van der Waals surface area (Å²) in [5, 5.41) is 26.2. The lowest BCUT2D eigenvalue weighted by Crippen LogP contribution is -2.69. The molecule has 0 saturated heterocycles. The number of rotatable bonds is 12. The molecule has 0 bridgehead atoms. The van der Waals surface area contributed by atoms with Crippen LogP contribution in [0.2, 0.25) is 0 Å². The van der Waals surface area contributed by atoms with Gasteiger partial charge in [-0.2, -0.15) is 4.31 Å². The molecule has 14 nitrogen and oxygen atoms in total. The van der Waals surface area contributed by atoms with Crippen LogP contribution in [-0.2, 0) is 37.1 Å². The van der Waals surface area contributed by atoms with Crippen LogP contribution in [0.5, 0.6) is 5.75 Å². The fourth-order valence-electron chi connectivity index (χ4n) is 9.77. The molecule has 1 aromatic rings. The fraction of sp³-hybridized carbons (Fsp3) is 0.605. The van der Waals surface area contributed by atoms with Crippen molar-refractivity contribution in [1.29, 1.82) is 0 Å². The van der Waals surface area contributed by atoms with Crippen molar-refractivity contribution in [2.24, 2.45) is 28.6 Å². The van der Waals surface area contributed by atoms with Gasteiger partial charge in [0.15, 0.2) is 17.2 Å². The Hall–Kier alpha value is -3.02. The zero-order chi connectivity index (χ0) is 40.0. The molecular formula is C38H48FNO13P2. The highest BCUT2D eigenvalue weighted by atomic mass is 31.3. The van der Waals surface area contributed by atoms with Crippen LogP contribution >= 0.6 is 15.6 Å². The van der Waals surface area contributed by atoms with Crippen LogP contribution in [0, 0.1) is 40.4 Å². The number of nitrogens with one attached hydrogen (secondary N) is 1. The second-order valence-corrected chi connectivity index (χ2v) is 18.7. The SMILES string of the molecule is C[C@@H]1C[C@H]2[C@@H]3CCC4=CC(=O)C=C[C@]4(C)[C@@]3(F)[C@@H](O)C[C@]2(C)[C@@]1(O)C(=O)COP(=O)(O)OP(=O)(O)Oc1ccc(NC(=O)COC2C#CCCCCC2)cc1. The number of fused-ring (bicyclic) bond motifs is 5. The summed E-state index contributed by atoms with van der Waals surface area (Å²) >= 11 is 0. The summed E-state index contributed by atoms with van der Waals surface area (Å²) in [7, 11) is -10.8. The Morgan fingerprint density at radius 3 is 2.49 bits per heavy atom. The molecule has 5 aliphatic rings. The number of hydrogen-bond donors (Lipinski definition) is 5. The number of halogens is 1. The molecule has 0 spiro atoms. The van der Waals surface area contributed by atoms with Crippen LogP contribution < -0.4 is 9.84 Å². The second-order valence-electron chi connectivity index (χ2n) is 15.8. The van der Waals surface area contributed by atoms with Crippen LogP contribution in [-0.4, -0.2) is 74.2 Å². The van der Waals surface area contributed by atoms with Gasteiger partial charge in [0, 0.05) is 28.9 Å². The number of anilines is 1. The van der Waals surface area contributed by atoms with Gasteiger partial charge in [-0.15, -0.1) is 5.92 Å². The smallest absolute Gasteiger partial charge is 0.404 e. The summed E-state index contributed by atoms with van der Waals surface area (Å²) in [5.41, 5.74) is -6.25. The Morgan fingerprint density at radius 2 is 1.76 bits per heavy atom. The zero-order valence-corrected chi connectivity index (χ0v) is 32.7. The molecular weight excluding hydrogens is 759 g/mol. The third-order valence-corrected chi connectivity index (χ3v) is 15.1. The second kappa shape index (κ2) is 15.4. The molecule has 5 aliphatic carbocycles. The fourth-order valence-corrected chi connectivity index (χ4v) is 11.8. The zero-order valence-electron chi connectivity index (χ0n) is 30.9. The Balaban J connectivity index is 1.05. The lowest BCUT2D eigenvalue weighted by Gasteiger charge is -2.62. The van der Waals surface area contributed by atoms with Gasteiger partial charge in [0.05, 0.1) is 6.10 Å². The Kier molecular flexibility index (Phi) is 11.6. The van der Waals surface area contributed by atoms with Crippen LogP contribution in [0.1, 0.15) is 78.6 Å². The lowest BCUT2D eigenvalue weighted by molar-refractivity contribution is -0.219. The number of aliphatic hydroxyl groups excluding tert-OH is 1. The van der Waals surface area contributed by atoms with Crippen molar-refractivity contribution in [1.82, 2.24) is 0 Å². The molecule has 3 fully saturated rings. The highest BCUT2D eigenvalue weighted by Gasteiger charge is 2.75. The molecule has 3 unspecified atom stereocenters. The number of carbonyl (C=O) groups excluding carboxylic acids is 3. The number of amides is 1. The average molecular weight is 808 g/mol. The van der Waals surface area contributed by atoms with Crippen molar-refractivity contribution >= 4 is 38.8 Å². The van der Waals surface area contributed by atoms with E-state index in [4.69, 9.17) is 13.8 Å². The number of phosphoric acid groups is 2. The quantitative estimate of drug-likeness (QED) is 0.130. The number of allylic oxidation sites excluding steroid dienone is 4. The van der Waals surface area contributed by atoms with E-state index in [1.807, 2.05) is 0 Å². The van der Waals surface area contributed by atoms with Gasteiger partial charge in [-0.25, -0.2) is 13.5 Å². The van der Waals surface area contributed by atoms with Gasteiger partial charge >= 0.3 is 15.6 Å². The van der Waals surface area contributed by atoms with Crippen LogP contribution in [0.25, 0.3) is 0 Å². The average Bonchev–Trinajstić information content (AvgIpc) is 3.29. The maximum Gasteiger partial charge on any atom is 0.536 e. The van der Waals surface area contributed by atoms with E-state index in [0.29, 0.717) is 17.7 Å². The predicted octanol–water partition coefficient (Wildman–Crippen LogP) is 5.51. The van der Waals surface area contributed by atoms with E-state index in [0.717, 1.165) is 32.1 Å². The number of benzene rings is 1. The van der Waals surface area contributed by atoms with Gasteiger partial charge in [0.25, 0.3) is 0 Å². The third-order valence-electron chi connectivity index (χ3n) is 12.5. The Bertz CT molecular complexity index is 1930. The number of ketones is 2. The van der Waals surface area contributed by atoms with Crippen molar-refractivity contribution in [3.63, 3.8) is 0 Å². The van der Waals surface area contributed by atoms with Gasteiger partial charge < -0.3 is 29.7 Å². The van der Waals surface area contributed by atoms with E-state index in [2.05, 4.69) is 21.5 Å². The normalized spacial score (nSPS) is 37.6. The number of alkyl halides is 1. The minimum atomic E-state index is -5.48. The Morgan fingerprint density at radius 1 is 1.04 bits per heavy atom. The first-order valence-electron chi connectivity index (χ1n) is 18.5. The van der Waals surface area contributed by atoms with Crippen molar-refractivity contribution in [2.75, 3.05) is 18.5 Å². The topological polar surface area (TPSA) is 215 Å². The summed E-state index contributed by atoms with van der Waals surface area (Å²) in [6, 6.07) is 5.09. The first-order valence-corrected chi connectivity index (χ1v) is 21.5. The molecule has 0 aliphatic heterocycles. The van der Waals surface area contributed by atoms with E-state index >= 15 is 4.39 Å². The first-order chi connectivity index (χ1) is 25.7. The number of aliphatic hydroxyl groups is 2. The van der Waals surface area contributed by atoms with E-state index in [9.17, 15) is 43.5 Å². The number of hydrogen-bond acceptors (Lipinski definition) is 11. The maximum atomic E-state index is 17.4. The van der Waals surface area contributed by atoms with E-state index < -0.39 is 79.9 Å². The van der Waals surface area contributed by atoms with Crippen LogP contribution in [0.4, 0.5) is 10.1 Å². The summed E-state index contributed by atoms with van der Waals surface area (Å²) in [6.07, 6.45) is 7.29. The summed E-state index contributed by atoms with van der Waals surface area (Å²) < 4.78 is 62.7. The molecule has 0 aromatic heterocycles. The predicted molar refractivity (Wildman–Crippen MR) is 196 cm³/mol. The van der Waals surface area contributed by atoms with E-state index in [1.54, 1.807) is 20.8 Å². The van der Waals surface area contributed by atoms with E-state index in [-0.39, 0.29) is 43.5 Å². The molecule has 0 heterocycles. The molecule has 11 atom stereocenters. The summed E-state index contributed by atoms with van der Waals surface area (Å²) in [6.45, 7) is 3.36. The third kappa shape index (κ3) is 7.83. The molecule has 17 heteroatoms. The lowest BCUT2D eigenvalue weighted by atomic mass is 9.44. The minimum Gasteiger partial charge on any atom is -0.404 e. The number of ether oxygens (including phenoxy) is 1. The number of carbonyl (C=O) groups is 3. The monoisotopic (exact) mass is 807 g/mol. The first kappa shape index (κ1) is 41.6. The van der Waals surface area contributed by atoms with E-state index in [1.165, 1.54) is 42.5 Å². The van der Waals surface area contributed by atoms with Gasteiger partial charge in [-0.1, -0.05) is 37.8 Å². The Labute approximate surface area is 319 Å². The molecule has 0 radical (unpaired) electrons. The molecule has 300 valence electrons.